The number of amides is 2. The smallest absolute Gasteiger partial charge is 0.249 e. The number of aromatic nitrogens is 2. The zero-order valence-electron chi connectivity index (χ0n) is 19.4. The minimum atomic E-state index is -0.685. The molecule has 0 saturated heterocycles. The van der Waals surface area contributed by atoms with Gasteiger partial charge >= 0.3 is 0 Å². The van der Waals surface area contributed by atoms with Crippen LogP contribution in [0.15, 0.2) is 59.1 Å². The van der Waals surface area contributed by atoms with E-state index in [1.165, 1.54) is 30.6 Å². The van der Waals surface area contributed by atoms with E-state index in [2.05, 4.69) is 43.7 Å². The SMILES string of the molecule is CCCCCCCCC(=O)N[C@@H](Cc1ccccc1)C(=O)Nc1nnc(-c2ccc(Br)cc2)s1. The maximum absolute atomic E-state index is 13.1. The lowest BCUT2D eigenvalue weighted by Crippen LogP contribution is -2.45. The zero-order valence-corrected chi connectivity index (χ0v) is 21.8. The summed E-state index contributed by atoms with van der Waals surface area (Å²) in [6, 6.07) is 16.8. The summed E-state index contributed by atoms with van der Waals surface area (Å²) >= 11 is 4.73. The first kappa shape index (κ1) is 26.0. The lowest BCUT2D eigenvalue weighted by molar-refractivity contribution is -0.126. The molecule has 6 nitrogen and oxygen atoms in total. The molecule has 0 radical (unpaired) electrons. The molecule has 0 aliphatic rings. The largest absolute Gasteiger partial charge is 0.344 e. The Hall–Kier alpha value is -2.58. The quantitative estimate of drug-likeness (QED) is 0.245. The minimum absolute atomic E-state index is 0.0978. The number of carbonyl (C=O) groups excluding carboxylic acids is 2. The van der Waals surface area contributed by atoms with Gasteiger partial charge in [0.05, 0.1) is 0 Å². The number of benzene rings is 2. The first-order chi connectivity index (χ1) is 16.5. The van der Waals surface area contributed by atoms with Crippen LogP contribution in [-0.2, 0) is 16.0 Å². The number of hydrogen-bond acceptors (Lipinski definition) is 5. The molecule has 0 saturated carbocycles. The van der Waals surface area contributed by atoms with Gasteiger partial charge in [-0.25, -0.2) is 0 Å². The summed E-state index contributed by atoms with van der Waals surface area (Å²) in [6.07, 6.45) is 7.50. The summed E-state index contributed by atoms with van der Waals surface area (Å²) in [5, 5.41) is 15.2. The molecule has 34 heavy (non-hydrogen) atoms. The summed E-state index contributed by atoms with van der Waals surface area (Å²) in [5.74, 6) is -0.391. The number of carbonyl (C=O) groups is 2. The number of unbranched alkanes of at least 4 members (excludes halogenated alkanes) is 5. The maximum atomic E-state index is 13.1. The van der Waals surface area contributed by atoms with E-state index < -0.39 is 6.04 Å². The van der Waals surface area contributed by atoms with Crippen LogP contribution >= 0.6 is 27.3 Å². The molecule has 2 aromatic carbocycles. The number of halogens is 1. The Morgan fingerprint density at radius 3 is 2.38 bits per heavy atom. The molecule has 2 N–H and O–H groups in total. The molecule has 1 heterocycles. The van der Waals surface area contributed by atoms with E-state index in [1.54, 1.807) is 0 Å². The van der Waals surface area contributed by atoms with Crippen LogP contribution in [0, 0.1) is 0 Å². The summed E-state index contributed by atoms with van der Waals surface area (Å²) in [4.78, 5) is 25.7. The average Bonchev–Trinajstić information content (AvgIpc) is 3.30. The minimum Gasteiger partial charge on any atom is -0.344 e. The Morgan fingerprint density at radius 1 is 0.941 bits per heavy atom. The fraction of sp³-hybridized carbons (Fsp3) is 0.385. The van der Waals surface area contributed by atoms with Crippen LogP contribution in [0.3, 0.4) is 0 Å². The molecule has 3 aromatic rings. The van der Waals surface area contributed by atoms with Crippen LogP contribution in [0.25, 0.3) is 10.6 Å². The van der Waals surface area contributed by atoms with Crippen molar-refractivity contribution in [2.45, 2.75) is 64.3 Å². The first-order valence-corrected chi connectivity index (χ1v) is 13.4. The third-order valence-corrected chi connectivity index (χ3v) is 6.85. The van der Waals surface area contributed by atoms with Crippen LogP contribution in [-0.4, -0.2) is 28.1 Å². The van der Waals surface area contributed by atoms with E-state index in [4.69, 9.17) is 0 Å². The highest BCUT2D eigenvalue weighted by molar-refractivity contribution is 9.10. The molecular weight excluding hydrogens is 512 g/mol. The van der Waals surface area contributed by atoms with E-state index in [-0.39, 0.29) is 11.8 Å². The molecule has 2 amide bonds. The molecular formula is C26H31BrN4O2S. The third kappa shape index (κ3) is 8.65. The molecule has 0 unspecified atom stereocenters. The highest BCUT2D eigenvalue weighted by Crippen LogP contribution is 2.27. The second-order valence-corrected chi connectivity index (χ2v) is 10.1. The van der Waals surface area contributed by atoms with Gasteiger partial charge in [-0.1, -0.05) is 109 Å². The zero-order chi connectivity index (χ0) is 24.2. The second-order valence-electron chi connectivity index (χ2n) is 8.24. The van der Waals surface area contributed by atoms with E-state index >= 15 is 0 Å². The predicted molar refractivity (Wildman–Crippen MR) is 142 cm³/mol. The molecule has 0 spiro atoms. The first-order valence-electron chi connectivity index (χ1n) is 11.8. The number of rotatable bonds is 13. The Morgan fingerprint density at radius 2 is 1.65 bits per heavy atom. The van der Waals surface area contributed by atoms with Gasteiger partial charge in [0, 0.05) is 22.9 Å². The monoisotopic (exact) mass is 542 g/mol. The number of nitrogens with zero attached hydrogens (tertiary/aromatic N) is 2. The summed E-state index contributed by atoms with van der Waals surface area (Å²) in [5.41, 5.74) is 1.91. The van der Waals surface area contributed by atoms with Crippen molar-refractivity contribution in [2.75, 3.05) is 5.32 Å². The standard InChI is InChI=1S/C26H31BrN4O2S/c1-2-3-4-5-6-10-13-23(32)28-22(18-19-11-8-7-9-12-19)24(33)29-26-31-30-25(34-26)20-14-16-21(27)17-15-20/h7-9,11-12,14-17,22H,2-6,10,13,18H2,1H3,(H,28,32)(H,29,31,33)/t22-/m0/s1. The summed E-state index contributed by atoms with van der Waals surface area (Å²) < 4.78 is 0.981. The number of nitrogens with one attached hydrogen (secondary N) is 2. The van der Waals surface area contributed by atoms with Crippen molar-refractivity contribution >= 4 is 44.2 Å². The van der Waals surface area contributed by atoms with Crippen LogP contribution in [0.1, 0.15) is 57.4 Å². The Kier molecular flexibility index (Phi) is 10.7. The number of anilines is 1. The van der Waals surface area contributed by atoms with Crippen molar-refractivity contribution in [1.82, 2.24) is 15.5 Å². The molecule has 1 aromatic heterocycles. The van der Waals surface area contributed by atoms with E-state index in [1.807, 2.05) is 54.6 Å². The van der Waals surface area contributed by atoms with Gasteiger partial charge in [0.2, 0.25) is 16.9 Å². The van der Waals surface area contributed by atoms with Crippen molar-refractivity contribution in [3.05, 3.63) is 64.6 Å². The third-order valence-electron chi connectivity index (χ3n) is 5.44. The van der Waals surface area contributed by atoms with Crippen molar-refractivity contribution < 1.29 is 9.59 Å². The van der Waals surface area contributed by atoms with Gasteiger partial charge < -0.3 is 5.32 Å². The molecule has 0 bridgehead atoms. The predicted octanol–water partition coefficient (Wildman–Crippen LogP) is 6.38. The van der Waals surface area contributed by atoms with Crippen molar-refractivity contribution in [2.24, 2.45) is 0 Å². The summed E-state index contributed by atoms with van der Waals surface area (Å²) in [7, 11) is 0. The van der Waals surface area contributed by atoms with Gasteiger partial charge in [0.1, 0.15) is 11.0 Å². The summed E-state index contributed by atoms with van der Waals surface area (Å²) in [6.45, 7) is 2.19. The van der Waals surface area contributed by atoms with E-state index in [0.717, 1.165) is 39.9 Å². The normalized spacial score (nSPS) is 11.7. The molecule has 0 aliphatic heterocycles. The lowest BCUT2D eigenvalue weighted by atomic mass is 10.0. The van der Waals surface area contributed by atoms with Gasteiger partial charge in [-0.15, -0.1) is 10.2 Å². The molecule has 0 fully saturated rings. The van der Waals surface area contributed by atoms with Crippen molar-refractivity contribution in [1.29, 1.82) is 0 Å². The number of hydrogen-bond donors (Lipinski definition) is 2. The molecule has 1 atom stereocenters. The van der Waals surface area contributed by atoms with E-state index in [0.29, 0.717) is 18.0 Å². The average molecular weight is 544 g/mol. The van der Waals surface area contributed by atoms with Gasteiger partial charge in [-0.2, -0.15) is 0 Å². The van der Waals surface area contributed by atoms with Gasteiger partial charge in [-0.3, -0.25) is 14.9 Å². The van der Waals surface area contributed by atoms with E-state index in [9.17, 15) is 9.59 Å². The van der Waals surface area contributed by atoms with Crippen LogP contribution in [0.5, 0.6) is 0 Å². The molecule has 8 heteroatoms. The fourth-order valence-electron chi connectivity index (χ4n) is 3.57. The molecule has 3 rings (SSSR count). The van der Waals surface area contributed by atoms with Crippen LogP contribution < -0.4 is 10.6 Å². The lowest BCUT2D eigenvalue weighted by Gasteiger charge is -2.18. The second kappa shape index (κ2) is 14.0. The Labute approximate surface area is 213 Å². The Balaban J connectivity index is 1.60. The highest BCUT2D eigenvalue weighted by Gasteiger charge is 2.22. The van der Waals surface area contributed by atoms with Crippen molar-refractivity contribution in [3.63, 3.8) is 0 Å². The van der Waals surface area contributed by atoms with Crippen LogP contribution in [0.4, 0.5) is 5.13 Å². The fourth-order valence-corrected chi connectivity index (χ4v) is 4.58. The maximum Gasteiger partial charge on any atom is 0.249 e. The van der Waals surface area contributed by atoms with Gasteiger partial charge in [-0.05, 0) is 24.1 Å². The van der Waals surface area contributed by atoms with Crippen LogP contribution in [0.2, 0.25) is 0 Å². The molecule has 0 aliphatic carbocycles. The Bertz CT molecular complexity index is 1040. The van der Waals surface area contributed by atoms with Crippen molar-refractivity contribution in [3.8, 4) is 10.6 Å². The van der Waals surface area contributed by atoms with Gasteiger partial charge in [0.25, 0.3) is 0 Å². The molecule has 180 valence electrons. The topological polar surface area (TPSA) is 84.0 Å². The highest BCUT2D eigenvalue weighted by atomic mass is 79.9. The van der Waals surface area contributed by atoms with Gasteiger partial charge in [0.15, 0.2) is 0 Å².